The lowest BCUT2D eigenvalue weighted by Crippen LogP contribution is -2.18. The van der Waals surface area contributed by atoms with Crippen LogP contribution in [-0.4, -0.2) is 42.8 Å². The molecule has 1 aromatic heterocycles. The predicted octanol–water partition coefficient (Wildman–Crippen LogP) is 1.97. The van der Waals surface area contributed by atoms with Crippen LogP contribution in [-0.2, 0) is 16.1 Å². The van der Waals surface area contributed by atoms with Crippen molar-refractivity contribution in [3.8, 4) is 28.6 Å². The summed E-state index contributed by atoms with van der Waals surface area (Å²) in [5.74, 6) is 0.323. The summed E-state index contributed by atoms with van der Waals surface area (Å²) in [6.45, 7) is -0.664. The summed E-state index contributed by atoms with van der Waals surface area (Å²) in [4.78, 5) is 27.5. The van der Waals surface area contributed by atoms with E-state index in [-0.39, 0.29) is 29.6 Å². The fourth-order valence-electron chi connectivity index (χ4n) is 2.52. The topological polar surface area (TPSA) is 136 Å². The Balaban J connectivity index is 1.58. The van der Waals surface area contributed by atoms with Crippen molar-refractivity contribution in [1.29, 1.82) is 0 Å². The van der Waals surface area contributed by atoms with Crippen LogP contribution in [0.15, 0.2) is 47.0 Å². The second-order valence-corrected chi connectivity index (χ2v) is 5.89. The molecule has 1 heterocycles. The average molecular weight is 413 g/mol. The first-order valence-electron chi connectivity index (χ1n) is 8.74. The zero-order chi connectivity index (χ0) is 21.5. The molecule has 0 aliphatic heterocycles. The molecule has 0 aliphatic carbocycles. The van der Waals surface area contributed by atoms with Gasteiger partial charge in [0.05, 0.1) is 25.3 Å². The number of aromatic nitrogens is 2. The van der Waals surface area contributed by atoms with Crippen LogP contribution in [0.1, 0.15) is 16.2 Å². The van der Waals surface area contributed by atoms with Crippen molar-refractivity contribution in [3.63, 3.8) is 0 Å². The second-order valence-electron chi connectivity index (χ2n) is 5.89. The fourth-order valence-corrected chi connectivity index (χ4v) is 2.52. The molecule has 0 unspecified atom stereocenters. The third-order valence-electron chi connectivity index (χ3n) is 3.97. The van der Waals surface area contributed by atoms with Crippen LogP contribution in [0.4, 0.5) is 0 Å². The molecule has 2 N–H and O–H groups in total. The molecular weight excluding hydrogens is 394 g/mol. The summed E-state index contributed by atoms with van der Waals surface area (Å²) in [5.41, 5.74) is 6.02. The lowest BCUT2D eigenvalue weighted by atomic mass is 10.2. The van der Waals surface area contributed by atoms with Crippen LogP contribution >= 0.6 is 0 Å². The minimum absolute atomic E-state index is 0.0914. The van der Waals surface area contributed by atoms with Gasteiger partial charge in [0.25, 0.3) is 11.8 Å². The predicted molar refractivity (Wildman–Crippen MR) is 103 cm³/mol. The molecular formula is C20H19N3O7. The number of nitrogens with two attached hydrogens (primary N) is 1. The molecule has 156 valence electrons. The van der Waals surface area contributed by atoms with Gasteiger partial charge in [0.1, 0.15) is 17.2 Å². The smallest absolute Gasteiger partial charge is 0.344 e. The Morgan fingerprint density at radius 3 is 2.60 bits per heavy atom. The van der Waals surface area contributed by atoms with Gasteiger partial charge in [-0.3, -0.25) is 4.79 Å². The maximum Gasteiger partial charge on any atom is 0.344 e. The molecule has 10 heteroatoms. The SMILES string of the molecule is COc1ccc(-c2noc(COC(=O)COc3ccccc3C(N)=O)n2)c(OC)c1. The Morgan fingerprint density at radius 1 is 1.07 bits per heavy atom. The number of carbonyl (C=O) groups is 2. The molecule has 10 nitrogen and oxygen atoms in total. The Kier molecular flexibility index (Phi) is 6.48. The van der Waals surface area contributed by atoms with Crippen LogP contribution in [0.25, 0.3) is 11.4 Å². The second kappa shape index (κ2) is 9.41. The molecule has 0 aliphatic rings. The van der Waals surface area contributed by atoms with E-state index in [4.69, 9.17) is 29.2 Å². The number of para-hydroxylation sites is 1. The van der Waals surface area contributed by atoms with Crippen molar-refractivity contribution in [3.05, 3.63) is 53.9 Å². The zero-order valence-corrected chi connectivity index (χ0v) is 16.3. The monoisotopic (exact) mass is 413 g/mol. The summed E-state index contributed by atoms with van der Waals surface area (Å²) in [5, 5.41) is 3.87. The van der Waals surface area contributed by atoms with Gasteiger partial charge in [0, 0.05) is 6.07 Å². The number of carbonyl (C=O) groups excluding carboxylic acids is 2. The first kappa shape index (κ1) is 20.6. The van der Waals surface area contributed by atoms with Crippen LogP contribution in [0.5, 0.6) is 17.2 Å². The zero-order valence-electron chi connectivity index (χ0n) is 16.3. The average Bonchev–Trinajstić information content (AvgIpc) is 3.24. The van der Waals surface area contributed by atoms with Crippen LogP contribution in [0, 0.1) is 0 Å². The van der Waals surface area contributed by atoms with Crippen LogP contribution in [0.3, 0.4) is 0 Å². The third kappa shape index (κ3) is 4.85. The van der Waals surface area contributed by atoms with E-state index in [9.17, 15) is 9.59 Å². The Morgan fingerprint density at radius 2 is 1.87 bits per heavy atom. The summed E-state index contributed by atoms with van der Waals surface area (Å²) in [7, 11) is 3.06. The third-order valence-corrected chi connectivity index (χ3v) is 3.97. The van der Waals surface area contributed by atoms with E-state index in [1.807, 2.05) is 0 Å². The van der Waals surface area contributed by atoms with Gasteiger partial charge < -0.3 is 29.2 Å². The van der Waals surface area contributed by atoms with Gasteiger partial charge >= 0.3 is 5.97 Å². The Bertz CT molecular complexity index is 1050. The minimum Gasteiger partial charge on any atom is -0.497 e. The van der Waals surface area contributed by atoms with E-state index in [0.717, 1.165) is 0 Å². The number of hydrogen-bond donors (Lipinski definition) is 1. The normalized spacial score (nSPS) is 10.3. The number of nitrogens with zero attached hydrogens (tertiary/aromatic N) is 2. The summed E-state index contributed by atoms with van der Waals surface area (Å²) >= 11 is 0. The van der Waals surface area contributed by atoms with Gasteiger partial charge in [-0.25, -0.2) is 4.79 Å². The quantitative estimate of drug-likeness (QED) is 0.522. The number of hydrogen-bond acceptors (Lipinski definition) is 9. The molecule has 3 aromatic rings. The summed E-state index contributed by atoms with van der Waals surface area (Å²) in [6.07, 6.45) is 0. The van der Waals surface area contributed by atoms with E-state index in [2.05, 4.69) is 10.1 Å². The maximum absolute atomic E-state index is 11.9. The lowest BCUT2D eigenvalue weighted by molar-refractivity contribution is -0.148. The molecule has 1 amide bonds. The molecule has 3 rings (SSSR count). The molecule has 0 saturated heterocycles. The number of amides is 1. The number of methoxy groups -OCH3 is 2. The number of primary amides is 1. The first-order valence-corrected chi connectivity index (χ1v) is 8.74. The molecule has 0 radical (unpaired) electrons. The van der Waals surface area contributed by atoms with Gasteiger partial charge in [-0.15, -0.1) is 0 Å². The van der Waals surface area contributed by atoms with E-state index in [1.54, 1.807) is 37.4 Å². The Labute approximate surface area is 171 Å². The van der Waals surface area contributed by atoms with Gasteiger partial charge in [-0.2, -0.15) is 4.98 Å². The molecule has 30 heavy (non-hydrogen) atoms. The van der Waals surface area contributed by atoms with Gasteiger partial charge in [0.2, 0.25) is 5.82 Å². The van der Waals surface area contributed by atoms with Crippen LogP contribution < -0.4 is 19.9 Å². The minimum atomic E-state index is -0.684. The highest BCUT2D eigenvalue weighted by Gasteiger charge is 2.16. The standard InChI is InChI=1S/C20H19N3O7/c1-26-12-7-8-14(16(9-12)27-2)20-22-17(30-23-20)10-29-18(24)11-28-15-6-4-3-5-13(15)19(21)25/h3-9H,10-11H2,1-2H3,(H2,21,25). The number of ether oxygens (including phenoxy) is 4. The number of benzene rings is 2. The molecule has 0 saturated carbocycles. The van der Waals surface area contributed by atoms with E-state index in [0.29, 0.717) is 17.1 Å². The molecule has 0 fully saturated rings. The fraction of sp³-hybridized carbons (Fsp3) is 0.200. The molecule has 0 atom stereocenters. The highest BCUT2D eigenvalue weighted by Crippen LogP contribution is 2.31. The van der Waals surface area contributed by atoms with Crippen molar-refractivity contribution in [2.45, 2.75) is 6.61 Å². The van der Waals surface area contributed by atoms with E-state index >= 15 is 0 Å². The highest BCUT2D eigenvalue weighted by molar-refractivity contribution is 5.95. The molecule has 2 aromatic carbocycles. The van der Waals surface area contributed by atoms with Gasteiger partial charge in [-0.05, 0) is 24.3 Å². The molecule has 0 bridgehead atoms. The number of esters is 1. The molecule has 0 spiro atoms. The van der Waals surface area contributed by atoms with Crippen molar-refractivity contribution < 1.29 is 33.1 Å². The van der Waals surface area contributed by atoms with Crippen molar-refractivity contribution in [2.75, 3.05) is 20.8 Å². The van der Waals surface area contributed by atoms with Crippen LogP contribution in [0.2, 0.25) is 0 Å². The van der Waals surface area contributed by atoms with Gasteiger partial charge in [0.15, 0.2) is 13.2 Å². The van der Waals surface area contributed by atoms with Crippen molar-refractivity contribution >= 4 is 11.9 Å². The summed E-state index contributed by atoms with van der Waals surface area (Å²) in [6, 6.07) is 11.5. The largest absolute Gasteiger partial charge is 0.497 e. The van der Waals surface area contributed by atoms with Crippen molar-refractivity contribution in [1.82, 2.24) is 10.1 Å². The first-order chi connectivity index (χ1) is 14.5. The van der Waals surface area contributed by atoms with Gasteiger partial charge in [-0.1, -0.05) is 17.3 Å². The highest BCUT2D eigenvalue weighted by atomic mass is 16.6. The number of rotatable bonds is 9. The maximum atomic E-state index is 11.9. The Hall–Kier alpha value is -4.08. The van der Waals surface area contributed by atoms with Crippen molar-refractivity contribution in [2.24, 2.45) is 5.73 Å². The van der Waals surface area contributed by atoms with E-state index in [1.165, 1.54) is 19.2 Å². The van der Waals surface area contributed by atoms with E-state index < -0.39 is 18.5 Å². The summed E-state index contributed by atoms with van der Waals surface area (Å²) < 4.78 is 25.9. The lowest BCUT2D eigenvalue weighted by Gasteiger charge is -2.08.